The average Bonchev–Trinajstić information content (AvgIpc) is 3.23. The molecule has 0 spiro atoms. The quantitative estimate of drug-likeness (QED) is 0.335. The summed E-state index contributed by atoms with van der Waals surface area (Å²) in [6, 6.07) is 24.5. The molecule has 190 valence electrons. The van der Waals surface area contributed by atoms with Gasteiger partial charge in [0.1, 0.15) is 12.7 Å². The van der Waals surface area contributed by atoms with Gasteiger partial charge in [0.15, 0.2) is 6.10 Å². The number of hydrogen-bond acceptors (Lipinski definition) is 9. The standard InChI is InChI=1S/C28H24O9/c1-18(29)33-17-22-23(35-25(30)19-11-5-2-6-12-19)24(36-26(31)20-13-7-3-8-14-20)28(34-22)37-27(32)21-15-9-4-10-16-21/h2-16,22-24,28H,17H2,1H3/t22-,23-,24-,28+/m0/s1. The van der Waals surface area contributed by atoms with Gasteiger partial charge in [-0.2, -0.15) is 0 Å². The Morgan fingerprint density at radius 1 is 0.622 bits per heavy atom. The van der Waals surface area contributed by atoms with Crippen LogP contribution in [0.1, 0.15) is 38.0 Å². The molecule has 4 atom stereocenters. The Hall–Kier alpha value is -4.50. The summed E-state index contributed by atoms with van der Waals surface area (Å²) in [5.74, 6) is -2.81. The Morgan fingerprint density at radius 2 is 1.03 bits per heavy atom. The van der Waals surface area contributed by atoms with E-state index in [0.29, 0.717) is 0 Å². The van der Waals surface area contributed by atoms with Crippen molar-refractivity contribution >= 4 is 23.9 Å². The average molecular weight is 504 g/mol. The Bertz CT molecular complexity index is 1230. The maximum Gasteiger partial charge on any atom is 0.340 e. The molecule has 1 heterocycles. The van der Waals surface area contributed by atoms with E-state index in [9.17, 15) is 19.2 Å². The number of ether oxygens (including phenoxy) is 5. The first-order valence-corrected chi connectivity index (χ1v) is 11.5. The van der Waals surface area contributed by atoms with Crippen molar-refractivity contribution in [1.82, 2.24) is 0 Å². The SMILES string of the molecule is CC(=O)OC[C@@H]1O[C@H](OC(=O)c2ccccc2)[C@@H](OC(=O)c2ccccc2)[C@H]1OC(=O)c1ccccc1. The van der Waals surface area contributed by atoms with Crippen molar-refractivity contribution in [3.8, 4) is 0 Å². The molecule has 3 aromatic carbocycles. The highest BCUT2D eigenvalue weighted by molar-refractivity contribution is 5.91. The van der Waals surface area contributed by atoms with Crippen molar-refractivity contribution in [3.05, 3.63) is 108 Å². The molecule has 4 rings (SSSR count). The number of carbonyl (C=O) groups excluding carboxylic acids is 4. The summed E-state index contributed by atoms with van der Waals surface area (Å²) >= 11 is 0. The molecule has 0 N–H and O–H groups in total. The van der Waals surface area contributed by atoms with Gasteiger partial charge in [-0.05, 0) is 36.4 Å². The van der Waals surface area contributed by atoms with E-state index in [1.54, 1.807) is 91.0 Å². The molecule has 0 aliphatic carbocycles. The fourth-order valence-corrected chi connectivity index (χ4v) is 3.67. The van der Waals surface area contributed by atoms with Crippen molar-refractivity contribution in [2.24, 2.45) is 0 Å². The van der Waals surface area contributed by atoms with Crippen LogP contribution < -0.4 is 0 Å². The van der Waals surface area contributed by atoms with Crippen LogP contribution in [0.25, 0.3) is 0 Å². The van der Waals surface area contributed by atoms with E-state index in [1.807, 2.05) is 0 Å². The number of benzene rings is 3. The molecule has 9 heteroatoms. The van der Waals surface area contributed by atoms with E-state index in [0.717, 1.165) is 0 Å². The summed E-state index contributed by atoms with van der Waals surface area (Å²) in [5, 5.41) is 0. The van der Waals surface area contributed by atoms with Crippen LogP contribution in [0, 0.1) is 0 Å². The molecular formula is C28H24O9. The van der Waals surface area contributed by atoms with Crippen LogP contribution in [0.3, 0.4) is 0 Å². The van der Waals surface area contributed by atoms with Crippen LogP contribution in [0.15, 0.2) is 91.0 Å². The number of carbonyl (C=O) groups is 4. The fraction of sp³-hybridized carbons (Fsp3) is 0.214. The number of rotatable bonds is 8. The van der Waals surface area contributed by atoms with E-state index < -0.39 is 48.5 Å². The third-order valence-electron chi connectivity index (χ3n) is 5.46. The Balaban J connectivity index is 1.63. The van der Waals surface area contributed by atoms with Crippen LogP contribution in [0.5, 0.6) is 0 Å². The van der Waals surface area contributed by atoms with Gasteiger partial charge < -0.3 is 23.7 Å². The van der Waals surface area contributed by atoms with Gasteiger partial charge in [-0.15, -0.1) is 0 Å². The summed E-state index contributed by atoms with van der Waals surface area (Å²) in [5.41, 5.74) is 0.708. The third kappa shape index (κ3) is 6.59. The Kier molecular flexibility index (Phi) is 8.27. The van der Waals surface area contributed by atoms with Crippen LogP contribution in [0.2, 0.25) is 0 Å². The van der Waals surface area contributed by atoms with Crippen molar-refractivity contribution in [2.75, 3.05) is 6.61 Å². The first kappa shape index (κ1) is 25.6. The second-order valence-electron chi connectivity index (χ2n) is 8.09. The van der Waals surface area contributed by atoms with Crippen LogP contribution in [0.4, 0.5) is 0 Å². The molecule has 0 saturated carbocycles. The van der Waals surface area contributed by atoms with Gasteiger partial charge in [0.05, 0.1) is 16.7 Å². The van der Waals surface area contributed by atoms with E-state index in [2.05, 4.69) is 0 Å². The first-order chi connectivity index (χ1) is 17.9. The van der Waals surface area contributed by atoms with Gasteiger partial charge in [0.2, 0.25) is 12.4 Å². The summed E-state index contributed by atoms with van der Waals surface area (Å²) < 4.78 is 27.8. The lowest BCUT2D eigenvalue weighted by atomic mass is 10.1. The molecule has 0 bridgehead atoms. The van der Waals surface area contributed by atoms with Crippen molar-refractivity contribution in [2.45, 2.75) is 31.5 Å². The molecule has 1 aliphatic rings. The van der Waals surface area contributed by atoms with Crippen LogP contribution in [-0.2, 0) is 28.5 Å². The molecule has 0 amide bonds. The largest absolute Gasteiger partial charge is 0.463 e. The molecule has 9 nitrogen and oxygen atoms in total. The summed E-state index contributed by atoms with van der Waals surface area (Å²) in [6.07, 6.45) is -5.14. The van der Waals surface area contributed by atoms with Gasteiger partial charge >= 0.3 is 23.9 Å². The number of esters is 4. The lowest BCUT2D eigenvalue weighted by molar-refractivity contribution is -0.157. The van der Waals surface area contributed by atoms with Crippen LogP contribution >= 0.6 is 0 Å². The Morgan fingerprint density at radius 3 is 1.46 bits per heavy atom. The van der Waals surface area contributed by atoms with E-state index in [-0.39, 0.29) is 23.3 Å². The minimum atomic E-state index is -1.45. The Labute approximate surface area is 212 Å². The third-order valence-corrected chi connectivity index (χ3v) is 5.46. The van der Waals surface area contributed by atoms with Crippen LogP contribution in [-0.4, -0.2) is 55.1 Å². The minimum Gasteiger partial charge on any atom is -0.463 e. The number of hydrogen-bond donors (Lipinski definition) is 0. The molecule has 1 aliphatic heterocycles. The molecule has 0 unspecified atom stereocenters. The fourth-order valence-electron chi connectivity index (χ4n) is 3.67. The lowest BCUT2D eigenvalue weighted by Crippen LogP contribution is -2.42. The van der Waals surface area contributed by atoms with E-state index in [1.165, 1.54) is 6.92 Å². The monoisotopic (exact) mass is 504 g/mol. The zero-order valence-corrected chi connectivity index (χ0v) is 19.9. The highest BCUT2D eigenvalue weighted by atomic mass is 16.8. The molecule has 1 saturated heterocycles. The topological polar surface area (TPSA) is 114 Å². The maximum absolute atomic E-state index is 12.9. The molecule has 3 aromatic rings. The smallest absolute Gasteiger partial charge is 0.340 e. The van der Waals surface area contributed by atoms with Gasteiger partial charge in [-0.25, -0.2) is 14.4 Å². The highest BCUT2D eigenvalue weighted by Crippen LogP contribution is 2.30. The molecule has 0 aromatic heterocycles. The maximum atomic E-state index is 12.9. The van der Waals surface area contributed by atoms with Gasteiger partial charge in [0.25, 0.3) is 0 Å². The van der Waals surface area contributed by atoms with Crippen molar-refractivity contribution < 1.29 is 42.9 Å². The zero-order chi connectivity index (χ0) is 26.2. The van der Waals surface area contributed by atoms with Crippen molar-refractivity contribution in [3.63, 3.8) is 0 Å². The second-order valence-corrected chi connectivity index (χ2v) is 8.09. The summed E-state index contributed by atoms with van der Waals surface area (Å²) in [7, 11) is 0. The second kappa shape index (κ2) is 12.0. The van der Waals surface area contributed by atoms with Gasteiger partial charge in [0, 0.05) is 6.92 Å². The summed E-state index contributed by atoms with van der Waals surface area (Å²) in [6.45, 7) is 0.876. The zero-order valence-electron chi connectivity index (χ0n) is 19.9. The molecule has 1 fully saturated rings. The minimum absolute atomic E-state index is 0.229. The predicted octanol–water partition coefficient (Wildman–Crippen LogP) is 3.58. The van der Waals surface area contributed by atoms with Gasteiger partial charge in [-0.3, -0.25) is 4.79 Å². The summed E-state index contributed by atoms with van der Waals surface area (Å²) in [4.78, 5) is 50.1. The lowest BCUT2D eigenvalue weighted by Gasteiger charge is -2.24. The first-order valence-electron chi connectivity index (χ1n) is 11.5. The van der Waals surface area contributed by atoms with E-state index >= 15 is 0 Å². The molecular weight excluding hydrogens is 480 g/mol. The molecule has 37 heavy (non-hydrogen) atoms. The van der Waals surface area contributed by atoms with E-state index in [4.69, 9.17) is 23.7 Å². The predicted molar refractivity (Wildman–Crippen MR) is 128 cm³/mol. The van der Waals surface area contributed by atoms with Crippen molar-refractivity contribution in [1.29, 1.82) is 0 Å². The van der Waals surface area contributed by atoms with Gasteiger partial charge in [-0.1, -0.05) is 54.6 Å². The highest BCUT2D eigenvalue weighted by Gasteiger charge is 2.52. The molecule has 0 radical (unpaired) electrons. The normalized spacial score (nSPS) is 20.5.